The van der Waals surface area contributed by atoms with Crippen LogP contribution in [0.15, 0.2) is 35.2 Å². The summed E-state index contributed by atoms with van der Waals surface area (Å²) in [5, 5.41) is 14.9. The SMILES string of the molecule is CC(C)N1CCN(c2nc(NC3COC3)cc(C(=O)CC[C@H](O)CN3CCc4c(ccc(OCc5cnco5)c4Cl)C3)n2)CC1.S. The Morgan fingerprint density at radius 2 is 1.98 bits per heavy atom. The van der Waals surface area contributed by atoms with E-state index in [2.05, 4.69) is 38.8 Å². The standard InChI is InChI=1S/C32H42ClN7O5.H2S/c1-21(2)39-9-11-40(12-10-39)32-36-27(13-30(37-32)35-23-17-43-18-23)28(42)5-4-24(41)16-38-8-7-26-22(15-38)3-6-29(31(26)33)44-19-25-14-34-20-45-25;/h3,6,13-14,20-21,23-24,41H,4-5,7-12,15-19H2,1-2H3,(H,35,36,37);1H2/t24-;/m0./s1. The van der Waals surface area contributed by atoms with Gasteiger partial charge in [-0.05, 0) is 43.9 Å². The second kappa shape index (κ2) is 15.8. The van der Waals surface area contributed by atoms with Gasteiger partial charge in [0.25, 0.3) is 0 Å². The summed E-state index contributed by atoms with van der Waals surface area (Å²) in [7, 11) is 0. The van der Waals surface area contributed by atoms with E-state index < -0.39 is 6.10 Å². The summed E-state index contributed by atoms with van der Waals surface area (Å²) in [6.07, 6.45) is 3.64. The number of anilines is 2. The monoisotopic (exact) mass is 673 g/mol. The van der Waals surface area contributed by atoms with Gasteiger partial charge in [0, 0.05) is 64.3 Å². The van der Waals surface area contributed by atoms with E-state index in [1.165, 1.54) is 6.39 Å². The number of hydrogen-bond donors (Lipinski definition) is 2. The first-order valence-electron chi connectivity index (χ1n) is 15.8. The van der Waals surface area contributed by atoms with Gasteiger partial charge in [0.2, 0.25) is 5.95 Å². The number of ketones is 1. The smallest absolute Gasteiger partial charge is 0.228 e. The fraction of sp³-hybridized carbons (Fsp3) is 0.562. The first kappa shape index (κ1) is 34.4. The maximum atomic E-state index is 13.4. The van der Waals surface area contributed by atoms with Crippen LogP contribution in [0.5, 0.6) is 5.75 Å². The molecule has 3 aliphatic heterocycles. The number of rotatable bonds is 13. The molecule has 12 nitrogen and oxygen atoms in total. The predicted octanol–water partition coefficient (Wildman–Crippen LogP) is 3.53. The maximum Gasteiger partial charge on any atom is 0.228 e. The van der Waals surface area contributed by atoms with Crippen LogP contribution in [0.1, 0.15) is 54.1 Å². The van der Waals surface area contributed by atoms with Gasteiger partial charge in [-0.1, -0.05) is 17.7 Å². The van der Waals surface area contributed by atoms with Gasteiger partial charge in [0.1, 0.15) is 23.9 Å². The van der Waals surface area contributed by atoms with E-state index in [4.69, 9.17) is 35.5 Å². The lowest BCUT2D eigenvalue weighted by molar-refractivity contribution is 0.0209. The van der Waals surface area contributed by atoms with Crippen molar-refractivity contribution in [3.63, 3.8) is 0 Å². The molecule has 0 amide bonds. The molecule has 0 aliphatic carbocycles. The van der Waals surface area contributed by atoms with Crippen molar-refractivity contribution in [3.05, 3.63) is 58.4 Å². The van der Waals surface area contributed by atoms with E-state index in [1.54, 1.807) is 12.3 Å². The number of benzene rings is 1. The zero-order valence-electron chi connectivity index (χ0n) is 26.5. The largest absolute Gasteiger partial charge is 0.484 e. The molecule has 1 atom stereocenters. The van der Waals surface area contributed by atoms with E-state index in [0.29, 0.717) is 72.8 Å². The Morgan fingerprint density at radius 3 is 2.67 bits per heavy atom. The van der Waals surface area contributed by atoms with Crippen LogP contribution >= 0.6 is 25.1 Å². The first-order chi connectivity index (χ1) is 21.8. The molecule has 0 unspecified atom stereocenters. The number of ether oxygens (including phenoxy) is 2. The lowest BCUT2D eigenvalue weighted by Gasteiger charge is -2.37. The molecule has 46 heavy (non-hydrogen) atoms. The number of Topliss-reactive ketones (excluding diaryl/α,β-unsaturated/α-hetero) is 1. The number of nitrogens with one attached hydrogen (secondary N) is 1. The zero-order valence-corrected chi connectivity index (χ0v) is 28.2. The molecule has 1 aromatic carbocycles. The zero-order chi connectivity index (χ0) is 31.3. The van der Waals surface area contributed by atoms with E-state index in [-0.39, 0.29) is 38.3 Å². The van der Waals surface area contributed by atoms with Gasteiger partial charge in [0.15, 0.2) is 17.9 Å². The van der Waals surface area contributed by atoms with Crippen molar-refractivity contribution in [2.24, 2.45) is 0 Å². The number of carbonyl (C=O) groups excluding carboxylic acids is 1. The normalized spacial score (nSPS) is 18.1. The molecule has 6 rings (SSSR count). The van der Waals surface area contributed by atoms with Gasteiger partial charge in [-0.15, -0.1) is 0 Å². The van der Waals surface area contributed by atoms with Crippen LogP contribution in [0.2, 0.25) is 5.02 Å². The molecule has 14 heteroatoms. The molecule has 0 spiro atoms. The Labute approximate surface area is 281 Å². The van der Waals surface area contributed by atoms with E-state index in [9.17, 15) is 9.90 Å². The van der Waals surface area contributed by atoms with E-state index in [0.717, 1.165) is 50.3 Å². The van der Waals surface area contributed by atoms with Gasteiger partial charge in [0.05, 0.1) is 36.6 Å². The van der Waals surface area contributed by atoms with Crippen molar-refractivity contribution in [1.82, 2.24) is 24.8 Å². The number of carbonyl (C=O) groups is 1. The van der Waals surface area contributed by atoms with Crippen molar-refractivity contribution in [2.45, 2.75) is 64.4 Å². The molecule has 0 saturated carbocycles. The van der Waals surface area contributed by atoms with Crippen molar-refractivity contribution in [3.8, 4) is 5.75 Å². The molecule has 250 valence electrons. The molecule has 0 radical (unpaired) electrons. The number of fused-ring (bicyclic) bond motifs is 1. The van der Waals surface area contributed by atoms with Crippen LogP contribution in [-0.2, 0) is 24.3 Å². The number of aliphatic hydroxyl groups excluding tert-OH is 1. The molecular formula is C32H44ClN7O5S. The van der Waals surface area contributed by atoms with Crippen molar-refractivity contribution in [1.29, 1.82) is 0 Å². The fourth-order valence-electron chi connectivity index (χ4n) is 5.95. The summed E-state index contributed by atoms with van der Waals surface area (Å²) in [4.78, 5) is 33.5. The van der Waals surface area contributed by atoms with Gasteiger partial charge >= 0.3 is 0 Å². The van der Waals surface area contributed by atoms with E-state index in [1.807, 2.05) is 12.1 Å². The number of hydrogen-bond acceptors (Lipinski definition) is 12. The van der Waals surface area contributed by atoms with Crippen LogP contribution < -0.4 is 15.0 Å². The van der Waals surface area contributed by atoms with Crippen LogP contribution in [0.3, 0.4) is 0 Å². The highest BCUT2D eigenvalue weighted by molar-refractivity contribution is 7.59. The number of oxazole rings is 1. The van der Waals surface area contributed by atoms with Crippen LogP contribution in [0, 0.1) is 0 Å². The number of β-amino-alcohol motifs (C(OH)–C–C–N with tert-alkyl or cyclic N) is 1. The summed E-state index contributed by atoms with van der Waals surface area (Å²) in [6.45, 7) is 11.3. The molecule has 0 bridgehead atoms. The summed E-state index contributed by atoms with van der Waals surface area (Å²) in [6, 6.07) is 6.30. The van der Waals surface area contributed by atoms with Gasteiger partial charge < -0.3 is 29.2 Å². The summed E-state index contributed by atoms with van der Waals surface area (Å²) >= 11 is 6.69. The van der Waals surface area contributed by atoms with E-state index >= 15 is 0 Å². The minimum Gasteiger partial charge on any atom is -0.484 e. The van der Waals surface area contributed by atoms with Crippen LogP contribution in [-0.4, -0.2) is 106 Å². The van der Waals surface area contributed by atoms with Crippen molar-refractivity contribution >= 4 is 42.6 Å². The van der Waals surface area contributed by atoms with Crippen molar-refractivity contribution in [2.75, 3.05) is 62.7 Å². The lowest BCUT2D eigenvalue weighted by Crippen LogP contribution is -2.49. The first-order valence-corrected chi connectivity index (χ1v) is 16.2. The average molecular weight is 674 g/mol. The maximum absolute atomic E-state index is 13.4. The average Bonchev–Trinajstić information content (AvgIpc) is 3.55. The predicted molar refractivity (Wildman–Crippen MR) is 180 cm³/mol. The summed E-state index contributed by atoms with van der Waals surface area (Å²) in [5.74, 6) is 2.36. The molecule has 3 aromatic rings. The third kappa shape index (κ3) is 8.50. The van der Waals surface area contributed by atoms with Gasteiger partial charge in [-0.25, -0.2) is 9.97 Å². The number of aromatic nitrogens is 3. The fourth-order valence-corrected chi connectivity index (χ4v) is 6.29. The highest BCUT2D eigenvalue weighted by atomic mass is 35.5. The quantitative estimate of drug-likeness (QED) is 0.258. The lowest BCUT2D eigenvalue weighted by atomic mass is 9.98. The second-order valence-electron chi connectivity index (χ2n) is 12.3. The molecule has 2 N–H and O–H groups in total. The molecule has 5 heterocycles. The van der Waals surface area contributed by atoms with Crippen LogP contribution in [0.4, 0.5) is 11.8 Å². The number of nitrogens with zero attached hydrogens (tertiary/aromatic N) is 6. The van der Waals surface area contributed by atoms with Crippen LogP contribution in [0.25, 0.3) is 0 Å². The summed E-state index contributed by atoms with van der Waals surface area (Å²) in [5.41, 5.74) is 2.56. The third-order valence-electron chi connectivity index (χ3n) is 8.72. The number of aliphatic hydroxyl groups is 1. The number of piperazine rings is 1. The highest BCUT2D eigenvalue weighted by Crippen LogP contribution is 2.34. The Hall–Kier alpha value is -2.94. The Balaban J connectivity index is 0.00000417. The minimum absolute atomic E-state index is 0. The minimum atomic E-state index is -0.648. The van der Waals surface area contributed by atoms with Crippen molar-refractivity contribution < 1.29 is 23.8 Å². The molecule has 2 fully saturated rings. The highest BCUT2D eigenvalue weighted by Gasteiger charge is 2.26. The summed E-state index contributed by atoms with van der Waals surface area (Å²) < 4.78 is 16.4. The molecule has 3 aliphatic rings. The molecule has 2 saturated heterocycles. The Bertz CT molecular complexity index is 1450. The molecular weight excluding hydrogens is 630 g/mol. The Morgan fingerprint density at radius 1 is 1.17 bits per heavy atom. The topological polar surface area (TPSA) is 129 Å². The Kier molecular flexibility index (Phi) is 11.8. The van der Waals surface area contributed by atoms with Gasteiger partial charge in [-0.3, -0.25) is 14.6 Å². The van der Waals surface area contributed by atoms with Gasteiger partial charge in [-0.2, -0.15) is 18.5 Å². The third-order valence-corrected chi connectivity index (χ3v) is 9.14. The molecule has 2 aromatic heterocycles. The second-order valence-corrected chi connectivity index (χ2v) is 12.7. The number of halogens is 1.